The van der Waals surface area contributed by atoms with Crippen LogP contribution in [0.25, 0.3) is 6.08 Å². The number of esters is 1. The summed E-state index contributed by atoms with van der Waals surface area (Å²) < 4.78 is 15.8. The Morgan fingerprint density at radius 1 is 1.20 bits per heavy atom. The van der Waals surface area contributed by atoms with E-state index in [9.17, 15) is 19.2 Å². The van der Waals surface area contributed by atoms with E-state index in [0.29, 0.717) is 36.1 Å². The first kappa shape index (κ1) is 23.3. The summed E-state index contributed by atoms with van der Waals surface area (Å²) in [5.74, 6) is -2.01. The van der Waals surface area contributed by atoms with E-state index in [0.717, 1.165) is 11.3 Å². The number of carboxylic acid groups (broad SMARTS) is 1. The summed E-state index contributed by atoms with van der Waals surface area (Å²) in [5.41, 5.74) is 0.373. The number of hydrogen-bond donors (Lipinski definition) is 1. The van der Waals surface area contributed by atoms with Crippen LogP contribution in [-0.2, 0) is 19.1 Å². The zero-order valence-electron chi connectivity index (χ0n) is 16.7. The molecule has 162 valence electrons. The summed E-state index contributed by atoms with van der Waals surface area (Å²) in [5, 5.41) is 8.32. The van der Waals surface area contributed by atoms with Gasteiger partial charge in [0.1, 0.15) is 6.54 Å². The molecule has 0 aromatic heterocycles. The van der Waals surface area contributed by atoms with Crippen LogP contribution in [0.1, 0.15) is 32.3 Å². The molecule has 9 nitrogen and oxygen atoms in total. The highest BCUT2D eigenvalue weighted by atomic mass is 32.2. The lowest BCUT2D eigenvalue weighted by molar-refractivity contribution is -0.146. The third-order valence-electron chi connectivity index (χ3n) is 3.86. The number of para-hydroxylation sites is 1. The summed E-state index contributed by atoms with van der Waals surface area (Å²) in [4.78, 5) is 48.5. The maximum Gasteiger partial charge on any atom is 0.341 e. The van der Waals surface area contributed by atoms with Crippen molar-refractivity contribution in [3.05, 3.63) is 28.7 Å². The maximum atomic E-state index is 12.6. The van der Waals surface area contributed by atoms with Gasteiger partial charge in [-0.1, -0.05) is 25.5 Å². The van der Waals surface area contributed by atoms with Crippen LogP contribution in [0, 0.1) is 0 Å². The SMILES string of the molecule is CCCCOC(=O)CN1C(=O)S/C(=C\c2cccc(OCC)c2OCC(=O)O)C1=O. The van der Waals surface area contributed by atoms with E-state index in [4.69, 9.17) is 19.3 Å². The van der Waals surface area contributed by atoms with Crippen molar-refractivity contribution in [2.45, 2.75) is 26.7 Å². The average molecular weight is 437 g/mol. The molecule has 1 aliphatic rings. The molecule has 1 fully saturated rings. The van der Waals surface area contributed by atoms with Gasteiger partial charge < -0.3 is 19.3 Å². The maximum absolute atomic E-state index is 12.6. The highest BCUT2D eigenvalue weighted by Gasteiger charge is 2.37. The second-order valence-electron chi connectivity index (χ2n) is 6.13. The Labute approximate surface area is 178 Å². The third kappa shape index (κ3) is 6.24. The predicted molar refractivity (Wildman–Crippen MR) is 109 cm³/mol. The smallest absolute Gasteiger partial charge is 0.341 e. The molecular weight excluding hydrogens is 414 g/mol. The second kappa shape index (κ2) is 11.2. The van der Waals surface area contributed by atoms with Crippen LogP contribution in [0.4, 0.5) is 4.79 Å². The summed E-state index contributed by atoms with van der Waals surface area (Å²) in [6, 6.07) is 4.86. The molecule has 30 heavy (non-hydrogen) atoms. The molecule has 0 radical (unpaired) electrons. The van der Waals surface area contributed by atoms with Crippen LogP contribution >= 0.6 is 11.8 Å². The molecule has 10 heteroatoms. The topological polar surface area (TPSA) is 119 Å². The minimum absolute atomic E-state index is 0.0789. The lowest BCUT2D eigenvalue weighted by Crippen LogP contribution is -2.34. The molecule has 1 aromatic rings. The number of aliphatic carboxylic acids is 1. The van der Waals surface area contributed by atoms with Gasteiger partial charge in [-0.3, -0.25) is 19.3 Å². The molecule has 1 aromatic carbocycles. The Kier molecular flexibility index (Phi) is 8.72. The highest BCUT2D eigenvalue weighted by Crippen LogP contribution is 2.37. The molecule has 0 spiro atoms. The minimum Gasteiger partial charge on any atom is -0.490 e. The summed E-state index contributed by atoms with van der Waals surface area (Å²) in [6.45, 7) is 3.20. The molecule has 1 saturated heterocycles. The van der Waals surface area contributed by atoms with Gasteiger partial charge >= 0.3 is 11.9 Å². The van der Waals surface area contributed by atoms with Crippen molar-refractivity contribution in [1.29, 1.82) is 0 Å². The predicted octanol–water partition coefficient (Wildman–Crippen LogP) is 2.93. The van der Waals surface area contributed by atoms with Gasteiger partial charge in [-0.15, -0.1) is 0 Å². The molecule has 2 rings (SSSR count). The van der Waals surface area contributed by atoms with Crippen LogP contribution in [0.3, 0.4) is 0 Å². The number of nitrogens with zero attached hydrogens (tertiary/aromatic N) is 1. The Hall–Kier alpha value is -3.01. The summed E-state index contributed by atoms with van der Waals surface area (Å²) in [7, 11) is 0. The summed E-state index contributed by atoms with van der Waals surface area (Å²) in [6.07, 6.45) is 2.96. The number of amides is 2. The molecule has 0 saturated carbocycles. The first-order chi connectivity index (χ1) is 14.4. The first-order valence-corrected chi connectivity index (χ1v) is 10.2. The van der Waals surface area contributed by atoms with E-state index >= 15 is 0 Å². The van der Waals surface area contributed by atoms with Gasteiger partial charge in [0.15, 0.2) is 18.1 Å². The number of imide groups is 1. The molecule has 0 atom stereocenters. The van der Waals surface area contributed by atoms with E-state index in [1.807, 2.05) is 6.92 Å². The number of unbranched alkanes of at least 4 members (excludes halogenated alkanes) is 1. The van der Waals surface area contributed by atoms with E-state index in [2.05, 4.69) is 0 Å². The zero-order chi connectivity index (χ0) is 22.1. The van der Waals surface area contributed by atoms with Gasteiger partial charge in [-0.05, 0) is 37.2 Å². The van der Waals surface area contributed by atoms with Crippen LogP contribution in [0.2, 0.25) is 0 Å². The number of carbonyl (C=O) groups excluding carboxylic acids is 3. The Morgan fingerprint density at radius 3 is 2.63 bits per heavy atom. The van der Waals surface area contributed by atoms with Crippen molar-refractivity contribution in [1.82, 2.24) is 4.90 Å². The van der Waals surface area contributed by atoms with Crippen LogP contribution in [0.5, 0.6) is 11.5 Å². The molecule has 1 heterocycles. The van der Waals surface area contributed by atoms with Crippen LogP contribution in [0.15, 0.2) is 23.1 Å². The van der Waals surface area contributed by atoms with Crippen molar-refractivity contribution >= 4 is 40.9 Å². The lowest BCUT2D eigenvalue weighted by atomic mass is 10.1. The van der Waals surface area contributed by atoms with Crippen LogP contribution < -0.4 is 9.47 Å². The Morgan fingerprint density at radius 2 is 1.97 bits per heavy atom. The molecule has 2 amide bonds. The van der Waals surface area contributed by atoms with Gasteiger partial charge in [-0.2, -0.15) is 0 Å². The molecule has 1 N–H and O–H groups in total. The fraction of sp³-hybridized carbons (Fsp3) is 0.400. The van der Waals surface area contributed by atoms with Gasteiger partial charge in [0.25, 0.3) is 11.1 Å². The van der Waals surface area contributed by atoms with Gasteiger partial charge in [0, 0.05) is 5.56 Å². The third-order valence-corrected chi connectivity index (χ3v) is 4.76. The molecule has 1 aliphatic heterocycles. The molecule has 0 aliphatic carbocycles. The number of carbonyl (C=O) groups is 4. The monoisotopic (exact) mass is 437 g/mol. The number of carboxylic acids is 1. The zero-order valence-corrected chi connectivity index (χ0v) is 17.5. The number of ether oxygens (including phenoxy) is 3. The number of benzene rings is 1. The molecular formula is C20H23NO8S. The van der Waals surface area contributed by atoms with E-state index in [1.165, 1.54) is 6.08 Å². The Balaban J connectivity index is 2.22. The van der Waals surface area contributed by atoms with E-state index in [1.54, 1.807) is 25.1 Å². The number of rotatable bonds is 11. The van der Waals surface area contributed by atoms with Crippen molar-refractivity contribution in [3.63, 3.8) is 0 Å². The number of thioether (sulfide) groups is 1. The molecule has 0 unspecified atom stereocenters. The highest BCUT2D eigenvalue weighted by molar-refractivity contribution is 8.18. The van der Waals surface area contributed by atoms with Gasteiger partial charge in [0.2, 0.25) is 0 Å². The minimum atomic E-state index is -1.17. The summed E-state index contributed by atoms with van der Waals surface area (Å²) >= 11 is 0.677. The quantitative estimate of drug-likeness (QED) is 0.316. The van der Waals surface area contributed by atoms with Crippen molar-refractivity contribution in [3.8, 4) is 11.5 Å². The van der Waals surface area contributed by atoms with E-state index < -0.39 is 36.2 Å². The fourth-order valence-corrected chi connectivity index (χ4v) is 3.32. The largest absolute Gasteiger partial charge is 0.490 e. The number of hydrogen-bond acceptors (Lipinski definition) is 8. The Bertz CT molecular complexity index is 851. The van der Waals surface area contributed by atoms with Crippen molar-refractivity contribution in [2.75, 3.05) is 26.4 Å². The first-order valence-electron chi connectivity index (χ1n) is 9.38. The van der Waals surface area contributed by atoms with Gasteiger partial charge in [0.05, 0.1) is 18.1 Å². The van der Waals surface area contributed by atoms with Crippen molar-refractivity contribution in [2.24, 2.45) is 0 Å². The van der Waals surface area contributed by atoms with Gasteiger partial charge in [-0.25, -0.2) is 4.79 Å². The van der Waals surface area contributed by atoms with Crippen LogP contribution in [-0.4, -0.2) is 59.5 Å². The second-order valence-corrected chi connectivity index (χ2v) is 7.12. The lowest BCUT2D eigenvalue weighted by Gasteiger charge is -2.13. The molecule has 0 bridgehead atoms. The van der Waals surface area contributed by atoms with E-state index in [-0.39, 0.29) is 17.3 Å². The standard InChI is InChI=1S/C20H23NO8S/c1-3-5-9-28-17(24)11-21-19(25)15(30-20(21)26)10-13-7-6-8-14(27-4-2)18(13)29-12-16(22)23/h6-8,10H,3-5,9,11-12H2,1-2H3,(H,22,23)/b15-10-. The normalized spacial score (nSPS) is 14.9. The fourth-order valence-electron chi connectivity index (χ4n) is 2.49. The average Bonchev–Trinajstić information content (AvgIpc) is 2.95. The van der Waals surface area contributed by atoms with Crippen molar-refractivity contribution < 1.29 is 38.5 Å².